The van der Waals surface area contributed by atoms with Crippen LogP contribution in [0.5, 0.6) is 11.5 Å². The van der Waals surface area contributed by atoms with Crippen molar-refractivity contribution in [1.29, 1.82) is 0 Å². The van der Waals surface area contributed by atoms with Gasteiger partial charge in [0.2, 0.25) is 0 Å². The number of phenols is 2. The largest absolute Gasteiger partial charge is 0.550 e. The van der Waals surface area contributed by atoms with Crippen molar-refractivity contribution in [3.63, 3.8) is 0 Å². The molecule has 0 bridgehead atoms. The van der Waals surface area contributed by atoms with Gasteiger partial charge in [-0.25, -0.2) is 0 Å². The molecule has 2 aromatic rings. The summed E-state index contributed by atoms with van der Waals surface area (Å²) in [6.07, 6.45) is 7.90. The summed E-state index contributed by atoms with van der Waals surface area (Å²) < 4.78 is 0. The SMILES string of the molecule is CC(=O)[O-].CC(C)(C)c1cc(C=N[C@@H]2CCCC[C@H]2N=Cc2cc(C(C)(C)C)cc(C(C)(C)C)c2O)c(O)c(C(C)(C)C)c1.[Co]. The summed E-state index contributed by atoms with van der Waals surface area (Å²) >= 11 is 0. The molecule has 1 fully saturated rings. The number of benzene rings is 2. The van der Waals surface area contributed by atoms with E-state index in [1.807, 2.05) is 12.4 Å². The molecule has 0 unspecified atom stereocenters. The van der Waals surface area contributed by atoms with E-state index in [0.29, 0.717) is 11.5 Å². The van der Waals surface area contributed by atoms with Crippen molar-refractivity contribution < 1.29 is 36.9 Å². The molecular weight excluding hydrogens is 607 g/mol. The number of hydrogen-bond acceptors (Lipinski definition) is 6. The van der Waals surface area contributed by atoms with Crippen LogP contribution in [0.15, 0.2) is 34.3 Å². The van der Waals surface area contributed by atoms with Crippen molar-refractivity contribution in [1.82, 2.24) is 0 Å². The van der Waals surface area contributed by atoms with Gasteiger partial charge in [0.15, 0.2) is 0 Å². The van der Waals surface area contributed by atoms with Gasteiger partial charge in [0.05, 0.1) is 12.1 Å². The maximum Gasteiger partial charge on any atom is 0.128 e. The molecule has 0 amide bonds. The molecule has 0 heterocycles. The first-order valence-electron chi connectivity index (χ1n) is 15.9. The van der Waals surface area contributed by atoms with Crippen LogP contribution in [0.2, 0.25) is 0 Å². The number of carbonyl (C=O) groups is 1. The smallest absolute Gasteiger partial charge is 0.128 e. The number of aliphatic imine (C=N–C) groups is 2. The topological polar surface area (TPSA) is 105 Å². The minimum absolute atomic E-state index is 0. The van der Waals surface area contributed by atoms with Crippen LogP contribution < -0.4 is 5.11 Å². The van der Waals surface area contributed by atoms with Crippen LogP contribution in [-0.2, 0) is 43.2 Å². The van der Waals surface area contributed by atoms with Crippen LogP contribution in [0.1, 0.15) is 149 Å². The molecule has 2 aromatic carbocycles. The second-order valence-corrected chi connectivity index (χ2v) is 16.4. The van der Waals surface area contributed by atoms with Crippen LogP contribution in [-0.4, -0.2) is 40.7 Å². The summed E-state index contributed by atoms with van der Waals surface area (Å²) in [6.45, 7) is 27.0. The summed E-state index contributed by atoms with van der Waals surface area (Å²) in [5.41, 5.74) is 5.39. The van der Waals surface area contributed by atoms with Gasteiger partial charge in [-0.15, -0.1) is 0 Å². The van der Waals surface area contributed by atoms with Gasteiger partial charge < -0.3 is 20.1 Å². The van der Waals surface area contributed by atoms with E-state index < -0.39 is 5.97 Å². The molecule has 3 rings (SSSR count). The Hall–Kier alpha value is -2.64. The van der Waals surface area contributed by atoms with Crippen molar-refractivity contribution in [3.05, 3.63) is 57.6 Å². The second kappa shape index (κ2) is 15.3. The molecule has 1 aliphatic rings. The van der Waals surface area contributed by atoms with Gasteiger partial charge in [0.25, 0.3) is 0 Å². The zero-order valence-electron chi connectivity index (χ0n) is 29.9. The van der Waals surface area contributed by atoms with E-state index in [1.165, 1.54) is 11.1 Å². The van der Waals surface area contributed by atoms with Gasteiger partial charge in [0.1, 0.15) is 11.5 Å². The quantitative estimate of drug-likeness (QED) is 0.324. The Bertz CT molecular complexity index is 1260. The predicted molar refractivity (Wildman–Crippen MR) is 183 cm³/mol. The molecule has 0 spiro atoms. The van der Waals surface area contributed by atoms with Gasteiger partial charge in [-0.2, -0.15) is 0 Å². The third-order valence-corrected chi connectivity index (χ3v) is 8.13. The minimum atomic E-state index is -1.08. The van der Waals surface area contributed by atoms with E-state index in [4.69, 9.17) is 19.9 Å². The fraction of sp³-hybridized carbons (Fsp3) is 0.605. The van der Waals surface area contributed by atoms with Crippen molar-refractivity contribution in [3.8, 4) is 11.5 Å². The third-order valence-electron chi connectivity index (χ3n) is 8.13. The van der Waals surface area contributed by atoms with E-state index in [0.717, 1.165) is 54.9 Å². The standard InChI is InChI=1S/C36H54N2O2.C2H4O2.Co/c1-33(2,3)25-17-23(31(39)27(19-25)35(7,8)9)21-37-29-15-13-14-16-30(29)38-22-24-18-26(34(4,5)6)20-28(32(24)40)36(10,11)12;1-2(3)4;/h17-22,29-30,39-40H,13-16H2,1-12H3;1H3,(H,3,4);/p-1/t29-,30-;;/m1../s1. The molecule has 0 aromatic heterocycles. The number of nitrogens with zero attached hydrogens (tertiary/aromatic N) is 2. The van der Waals surface area contributed by atoms with Gasteiger partial charge in [-0.1, -0.05) is 108 Å². The Kier molecular flexibility index (Phi) is 13.7. The second-order valence-electron chi connectivity index (χ2n) is 16.4. The summed E-state index contributed by atoms with van der Waals surface area (Å²) in [7, 11) is 0. The minimum Gasteiger partial charge on any atom is -0.550 e. The normalized spacial score (nSPS) is 18.0. The fourth-order valence-corrected chi connectivity index (χ4v) is 5.31. The van der Waals surface area contributed by atoms with Crippen molar-refractivity contribution >= 4 is 18.4 Å². The number of aliphatic carboxylic acids is 1. The first kappa shape index (κ1) is 40.4. The monoisotopic (exact) mass is 664 g/mol. The van der Waals surface area contributed by atoms with Crippen LogP contribution >= 0.6 is 0 Å². The van der Waals surface area contributed by atoms with E-state index >= 15 is 0 Å². The Morgan fingerprint density at radius 3 is 1.20 bits per heavy atom. The summed E-state index contributed by atoms with van der Waals surface area (Å²) in [5, 5.41) is 31.3. The van der Waals surface area contributed by atoms with E-state index in [9.17, 15) is 10.2 Å². The number of phenolic OH excluding ortho intramolecular Hbond substituents is 2. The fourth-order valence-electron chi connectivity index (χ4n) is 5.31. The van der Waals surface area contributed by atoms with Crippen LogP contribution in [0.3, 0.4) is 0 Å². The molecule has 1 aliphatic carbocycles. The van der Waals surface area contributed by atoms with Crippen LogP contribution in [0.4, 0.5) is 0 Å². The molecule has 0 aliphatic heterocycles. The molecule has 45 heavy (non-hydrogen) atoms. The first-order chi connectivity index (χ1) is 19.9. The zero-order valence-corrected chi connectivity index (χ0v) is 30.9. The van der Waals surface area contributed by atoms with Gasteiger partial charge in [0, 0.05) is 57.4 Å². The van der Waals surface area contributed by atoms with Crippen LogP contribution in [0.25, 0.3) is 0 Å². The maximum atomic E-state index is 11.2. The number of rotatable bonds is 4. The van der Waals surface area contributed by atoms with Crippen LogP contribution in [0, 0.1) is 0 Å². The summed E-state index contributed by atoms with van der Waals surface area (Å²) in [5.74, 6) is -0.447. The number of carbonyl (C=O) groups excluding carboxylic acids is 1. The average molecular weight is 665 g/mol. The predicted octanol–water partition coefficient (Wildman–Crippen LogP) is 7.89. The molecule has 1 saturated carbocycles. The van der Waals surface area contributed by atoms with Crippen molar-refractivity contribution in [2.24, 2.45) is 9.98 Å². The Labute approximate surface area is 283 Å². The number of carboxylic acids is 1. The molecule has 1 radical (unpaired) electrons. The van der Waals surface area contributed by atoms with Crippen molar-refractivity contribution in [2.45, 2.75) is 149 Å². The molecule has 2 N–H and O–H groups in total. The number of carboxylic acid groups (broad SMARTS) is 1. The van der Waals surface area contributed by atoms with Gasteiger partial charge in [-0.05, 0) is 64.7 Å². The van der Waals surface area contributed by atoms with Gasteiger partial charge >= 0.3 is 0 Å². The Morgan fingerprint density at radius 2 is 0.956 bits per heavy atom. The number of aromatic hydroxyl groups is 2. The molecular formula is C38H57CoN2O4-. The molecule has 7 heteroatoms. The van der Waals surface area contributed by atoms with E-state index in [2.05, 4.69) is 107 Å². The molecule has 253 valence electrons. The van der Waals surface area contributed by atoms with Gasteiger partial charge in [-0.3, -0.25) is 9.98 Å². The molecule has 0 saturated heterocycles. The van der Waals surface area contributed by atoms with E-state index in [1.54, 1.807) is 0 Å². The van der Waals surface area contributed by atoms with E-state index in [-0.39, 0.29) is 50.5 Å². The first-order valence-corrected chi connectivity index (χ1v) is 15.9. The Morgan fingerprint density at radius 1 is 0.667 bits per heavy atom. The third kappa shape index (κ3) is 11.6. The summed E-state index contributed by atoms with van der Waals surface area (Å²) in [4.78, 5) is 18.9. The maximum absolute atomic E-state index is 11.2. The average Bonchev–Trinajstić information content (AvgIpc) is 2.84. The molecule has 6 nitrogen and oxygen atoms in total. The Balaban J connectivity index is 0.00000191. The molecule has 2 atom stereocenters. The zero-order chi connectivity index (χ0) is 33.8. The summed E-state index contributed by atoms with van der Waals surface area (Å²) in [6, 6.07) is 8.53. The van der Waals surface area contributed by atoms with Crippen molar-refractivity contribution in [2.75, 3.05) is 0 Å². The number of hydrogen-bond donors (Lipinski definition) is 2.